The number of nitrogens with zero attached hydrogens (tertiary/aromatic N) is 3. The van der Waals surface area contributed by atoms with Crippen LogP contribution in [0.4, 0.5) is 4.79 Å². The van der Waals surface area contributed by atoms with Gasteiger partial charge in [0.1, 0.15) is 6.10 Å². The van der Waals surface area contributed by atoms with E-state index in [4.69, 9.17) is 4.74 Å². The van der Waals surface area contributed by atoms with E-state index in [1.165, 1.54) is 0 Å². The standard InChI is InChI=1S/C24H26N4O2/c29-24(27-23(19-7-3-1-4-8-19)20-9-5-2-6-10-20)30-22-11-15-28(16-12-22)18-21-17-25-13-14-26-21/h1-10,13-14,17,22-23H,11-12,15-16,18H2,(H,27,29). The molecule has 4 rings (SSSR count). The van der Waals surface area contributed by atoms with E-state index in [-0.39, 0.29) is 18.2 Å². The molecule has 30 heavy (non-hydrogen) atoms. The van der Waals surface area contributed by atoms with E-state index < -0.39 is 0 Å². The van der Waals surface area contributed by atoms with Gasteiger partial charge < -0.3 is 10.1 Å². The van der Waals surface area contributed by atoms with Crippen LogP contribution in [0.1, 0.15) is 35.7 Å². The maximum atomic E-state index is 12.7. The molecule has 0 bridgehead atoms. The van der Waals surface area contributed by atoms with Crippen LogP contribution in [0.15, 0.2) is 79.3 Å². The van der Waals surface area contributed by atoms with Crippen molar-refractivity contribution in [1.82, 2.24) is 20.2 Å². The molecule has 6 heteroatoms. The number of aromatic nitrogens is 2. The van der Waals surface area contributed by atoms with Crippen LogP contribution in [0.5, 0.6) is 0 Å². The zero-order valence-electron chi connectivity index (χ0n) is 16.9. The lowest BCUT2D eigenvalue weighted by atomic mass is 9.99. The van der Waals surface area contributed by atoms with Crippen molar-refractivity contribution in [2.75, 3.05) is 13.1 Å². The Bertz CT molecular complexity index is 874. The average molecular weight is 402 g/mol. The van der Waals surface area contributed by atoms with Crippen LogP contribution < -0.4 is 5.32 Å². The predicted octanol–water partition coefficient (Wildman–Crippen LogP) is 3.96. The molecule has 1 N–H and O–H groups in total. The summed E-state index contributed by atoms with van der Waals surface area (Å²) >= 11 is 0. The van der Waals surface area contributed by atoms with Crippen molar-refractivity contribution in [3.8, 4) is 0 Å². The van der Waals surface area contributed by atoms with E-state index in [1.54, 1.807) is 18.6 Å². The van der Waals surface area contributed by atoms with E-state index in [0.29, 0.717) is 0 Å². The molecule has 3 aromatic rings. The van der Waals surface area contributed by atoms with Crippen molar-refractivity contribution in [3.05, 3.63) is 96.1 Å². The summed E-state index contributed by atoms with van der Waals surface area (Å²) in [6.45, 7) is 2.52. The summed E-state index contributed by atoms with van der Waals surface area (Å²) in [5, 5.41) is 3.05. The second kappa shape index (κ2) is 9.98. The Kier molecular flexibility index (Phi) is 6.67. The zero-order chi connectivity index (χ0) is 20.6. The number of rotatable bonds is 6. The second-order valence-corrected chi connectivity index (χ2v) is 7.48. The molecule has 0 radical (unpaired) electrons. The topological polar surface area (TPSA) is 67.3 Å². The first-order valence-corrected chi connectivity index (χ1v) is 10.3. The van der Waals surface area contributed by atoms with E-state index >= 15 is 0 Å². The maximum absolute atomic E-state index is 12.7. The third-order valence-electron chi connectivity index (χ3n) is 5.34. The summed E-state index contributed by atoms with van der Waals surface area (Å²) < 4.78 is 5.76. The van der Waals surface area contributed by atoms with Crippen molar-refractivity contribution in [2.45, 2.75) is 31.5 Å². The van der Waals surface area contributed by atoms with Crippen molar-refractivity contribution in [3.63, 3.8) is 0 Å². The van der Waals surface area contributed by atoms with Crippen molar-refractivity contribution >= 4 is 6.09 Å². The van der Waals surface area contributed by atoms with Crippen LogP contribution >= 0.6 is 0 Å². The van der Waals surface area contributed by atoms with Gasteiger partial charge in [0, 0.05) is 38.2 Å². The number of hydrogen-bond acceptors (Lipinski definition) is 5. The molecule has 0 unspecified atom stereocenters. The van der Waals surface area contributed by atoms with Crippen molar-refractivity contribution < 1.29 is 9.53 Å². The molecule has 6 nitrogen and oxygen atoms in total. The normalized spacial score (nSPS) is 15.1. The Morgan fingerprint density at radius 1 is 1.00 bits per heavy atom. The molecule has 154 valence electrons. The van der Waals surface area contributed by atoms with Gasteiger partial charge in [0.2, 0.25) is 0 Å². The molecule has 1 aliphatic rings. The lowest BCUT2D eigenvalue weighted by molar-refractivity contribution is 0.0473. The van der Waals surface area contributed by atoms with Gasteiger partial charge in [-0.25, -0.2) is 4.79 Å². The monoisotopic (exact) mass is 402 g/mol. The van der Waals surface area contributed by atoms with Gasteiger partial charge in [-0.1, -0.05) is 60.7 Å². The molecule has 0 atom stereocenters. The van der Waals surface area contributed by atoms with Crippen LogP contribution in [-0.4, -0.2) is 40.2 Å². The summed E-state index contributed by atoms with van der Waals surface area (Å²) in [5.74, 6) is 0. The fraction of sp³-hybridized carbons (Fsp3) is 0.292. The SMILES string of the molecule is O=C(NC(c1ccccc1)c1ccccc1)OC1CCN(Cc2cnccn2)CC1. The molecule has 0 aliphatic carbocycles. The Labute approximate surface area is 176 Å². The first kappa shape index (κ1) is 20.0. The summed E-state index contributed by atoms with van der Waals surface area (Å²) in [4.78, 5) is 23.4. The number of ether oxygens (including phenoxy) is 1. The summed E-state index contributed by atoms with van der Waals surface area (Å²) in [5.41, 5.74) is 3.02. The van der Waals surface area contributed by atoms with Crippen LogP contribution in [0.3, 0.4) is 0 Å². The molecule has 1 aromatic heterocycles. The zero-order valence-corrected chi connectivity index (χ0v) is 16.9. The number of nitrogens with one attached hydrogen (secondary N) is 1. The average Bonchev–Trinajstić information content (AvgIpc) is 2.81. The summed E-state index contributed by atoms with van der Waals surface area (Å²) in [7, 11) is 0. The molecule has 2 aromatic carbocycles. The Balaban J connectivity index is 1.32. The Morgan fingerprint density at radius 2 is 1.63 bits per heavy atom. The third kappa shape index (κ3) is 5.42. The highest BCUT2D eigenvalue weighted by atomic mass is 16.6. The number of hydrogen-bond donors (Lipinski definition) is 1. The van der Waals surface area contributed by atoms with Gasteiger partial charge in [-0.15, -0.1) is 0 Å². The largest absolute Gasteiger partial charge is 0.446 e. The summed E-state index contributed by atoms with van der Waals surface area (Å²) in [6, 6.07) is 19.7. The number of likely N-dealkylation sites (tertiary alicyclic amines) is 1. The van der Waals surface area contributed by atoms with Gasteiger partial charge in [0.25, 0.3) is 0 Å². The van der Waals surface area contributed by atoms with Gasteiger partial charge in [-0.2, -0.15) is 0 Å². The van der Waals surface area contributed by atoms with E-state index in [1.807, 2.05) is 60.7 Å². The molecule has 0 spiro atoms. The highest BCUT2D eigenvalue weighted by Gasteiger charge is 2.24. The fourth-order valence-electron chi connectivity index (χ4n) is 3.78. The quantitative estimate of drug-likeness (QED) is 0.676. The van der Waals surface area contributed by atoms with Gasteiger partial charge in [-0.05, 0) is 24.0 Å². The van der Waals surface area contributed by atoms with Crippen molar-refractivity contribution in [1.29, 1.82) is 0 Å². The first-order chi connectivity index (χ1) is 14.8. The lowest BCUT2D eigenvalue weighted by Gasteiger charge is -2.31. The molecular weight excluding hydrogens is 376 g/mol. The minimum atomic E-state index is -0.375. The number of amides is 1. The lowest BCUT2D eigenvalue weighted by Crippen LogP contribution is -2.40. The molecule has 2 heterocycles. The van der Waals surface area contributed by atoms with Gasteiger partial charge in [-0.3, -0.25) is 14.9 Å². The number of piperidine rings is 1. The summed E-state index contributed by atoms with van der Waals surface area (Å²) in [6.07, 6.45) is 6.37. The van der Waals surface area contributed by atoms with Crippen LogP contribution in [0.2, 0.25) is 0 Å². The Hall–Kier alpha value is -3.25. The van der Waals surface area contributed by atoms with Crippen LogP contribution in [-0.2, 0) is 11.3 Å². The third-order valence-corrected chi connectivity index (χ3v) is 5.34. The van der Waals surface area contributed by atoms with E-state index in [0.717, 1.165) is 49.3 Å². The fourth-order valence-corrected chi connectivity index (χ4v) is 3.78. The predicted molar refractivity (Wildman–Crippen MR) is 115 cm³/mol. The number of carbonyl (C=O) groups excluding carboxylic acids is 1. The Morgan fingerprint density at radius 3 is 2.20 bits per heavy atom. The molecule has 0 saturated carbocycles. The molecular formula is C24H26N4O2. The van der Waals surface area contributed by atoms with Crippen LogP contribution in [0, 0.1) is 0 Å². The van der Waals surface area contributed by atoms with Crippen LogP contribution in [0.25, 0.3) is 0 Å². The molecule has 1 saturated heterocycles. The molecule has 1 aliphatic heterocycles. The van der Waals surface area contributed by atoms with Gasteiger partial charge >= 0.3 is 6.09 Å². The van der Waals surface area contributed by atoms with Gasteiger partial charge in [0.15, 0.2) is 0 Å². The minimum Gasteiger partial charge on any atom is -0.446 e. The van der Waals surface area contributed by atoms with E-state index in [9.17, 15) is 4.79 Å². The number of benzene rings is 2. The first-order valence-electron chi connectivity index (χ1n) is 10.3. The number of alkyl carbamates (subject to hydrolysis) is 1. The second-order valence-electron chi connectivity index (χ2n) is 7.48. The number of carbonyl (C=O) groups is 1. The highest BCUT2D eigenvalue weighted by molar-refractivity contribution is 5.69. The maximum Gasteiger partial charge on any atom is 0.408 e. The smallest absolute Gasteiger partial charge is 0.408 e. The highest BCUT2D eigenvalue weighted by Crippen LogP contribution is 2.23. The minimum absolute atomic E-state index is 0.0738. The molecule has 1 amide bonds. The van der Waals surface area contributed by atoms with Crippen molar-refractivity contribution in [2.24, 2.45) is 0 Å². The van der Waals surface area contributed by atoms with E-state index in [2.05, 4.69) is 20.2 Å². The molecule has 1 fully saturated rings. The van der Waals surface area contributed by atoms with Gasteiger partial charge in [0.05, 0.1) is 11.7 Å².